The molecule has 2 rings (SSSR count). The monoisotopic (exact) mass is 428 g/mol. The molecule has 0 spiro atoms. The maximum Gasteiger partial charge on any atom is 0.328 e. The molecule has 1 N–H and O–H groups in total. The minimum absolute atomic E-state index is 0.221. The van der Waals surface area contributed by atoms with E-state index in [9.17, 15) is 9.18 Å². The summed E-state index contributed by atoms with van der Waals surface area (Å²) in [7, 11) is 0. The van der Waals surface area contributed by atoms with E-state index in [1.165, 1.54) is 18.2 Å². The van der Waals surface area contributed by atoms with E-state index in [1.807, 2.05) is 0 Å². The Labute approximate surface area is 143 Å². The summed E-state index contributed by atoms with van der Waals surface area (Å²) in [6, 6.07) is 9.66. The third kappa shape index (κ3) is 4.68. The highest BCUT2D eigenvalue weighted by atomic mass is 79.9. The van der Waals surface area contributed by atoms with Crippen LogP contribution in [0, 0.1) is 5.82 Å². The minimum atomic E-state index is -1.02. The van der Waals surface area contributed by atoms with E-state index in [1.54, 1.807) is 24.3 Å². The maximum atomic E-state index is 13.1. The van der Waals surface area contributed by atoms with E-state index in [-0.39, 0.29) is 12.4 Å². The fourth-order valence-corrected chi connectivity index (χ4v) is 3.21. The van der Waals surface area contributed by atoms with Gasteiger partial charge in [-0.1, -0.05) is 12.1 Å². The zero-order valence-corrected chi connectivity index (χ0v) is 14.4. The number of hydrogen-bond acceptors (Lipinski definition) is 2. The van der Waals surface area contributed by atoms with E-state index in [0.717, 1.165) is 6.08 Å². The number of carboxylic acids is 1. The van der Waals surface area contributed by atoms with Crippen molar-refractivity contribution in [3.8, 4) is 5.75 Å². The second-order valence-electron chi connectivity index (χ2n) is 4.40. The molecule has 0 aliphatic rings. The van der Waals surface area contributed by atoms with Crippen molar-refractivity contribution < 1.29 is 19.0 Å². The van der Waals surface area contributed by atoms with E-state index in [2.05, 4.69) is 31.9 Å². The van der Waals surface area contributed by atoms with Crippen LogP contribution in [0.2, 0.25) is 0 Å². The van der Waals surface area contributed by atoms with Crippen LogP contribution < -0.4 is 4.74 Å². The van der Waals surface area contributed by atoms with Crippen molar-refractivity contribution in [1.29, 1.82) is 0 Å². The minimum Gasteiger partial charge on any atom is -0.487 e. The van der Waals surface area contributed by atoms with Crippen molar-refractivity contribution in [1.82, 2.24) is 0 Å². The standard InChI is InChI=1S/C16H11Br2FO3/c17-13-7-10(4-5-15(20)21)8-14(18)16(13)22-9-11-2-1-3-12(19)6-11/h1-8H,9H2,(H,20,21). The molecule has 114 valence electrons. The third-order valence-electron chi connectivity index (χ3n) is 2.71. The van der Waals surface area contributed by atoms with Gasteiger partial charge in [0.2, 0.25) is 0 Å². The first-order valence-corrected chi connectivity index (χ1v) is 7.81. The summed E-state index contributed by atoms with van der Waals surface area (Å²) >= 11 is 6.77. The van der Waals surface area contributed by atoms with Crippen LogP contribution in [-0.4, -0.2) is 11.1 Å². The molecule has 2 aromatic rings. The van der Waals surface area contributed by atoms with Gasteiger partial charge in [0.15, 0.2) is 0 Å². The van der Waals surface area contributed by atoms with E-state index in [4.69, 9.17) is 9.84 Å². The number of halogens is 3. The molecule has 3 nitrogen and oxygen atoms in total. The van der Waals surface area contributed by atoms with Gasteiger partial charge in [0.05, 0.1) is 8.95 Å². The Kier molecular flexibility index (Phi) is 5.74. The average Bonchev–Trinajstić information content (AvgIpc) is 2.44. The van der Waals surface area contributed by atoms with Crippen molar-refractivity contribution in [2.24, 2.45) is 0 Å². The molecule has 0 amide bonds. The molecule has 0 aliphatic carbocycles. The fraction of sp³-hybridized carbons (Fsp3) is 0.0625. The Morgan fingerprint density at radius 1 is 1.23 bits per heavy atom. The summed E-state index contributed by atoms with van der Waals surface area (Å²) < 4.78 is 20.2. The Morgan fingerprint density at radius 2 is 1.91 bits per heavy atom. The topological polar surface area (TPSA) is 46.5 Å². The van der Waals surface area contributed by atoms with Crippen molar-refractivity contribution in [3.63, 3.8) is 0 Å². The number of carbonyl (C=O) groups is 1. The van der Waals surface area contributed by atoms with Crippen LogP contribution in [0.25, 0.3) is 6.08 Å². The lowest BCUT2D eigenvalue weighted by Crippen LogP contribution is -1.98. The first kappa shape index (κ1) is 16.7. The molecule has 0 bridgehead atoms. The number of ether oxygens (including phenoxy) is 1. The molecular weight excluding hydrogens is 419 g/mol. The van der Waals surface area contributed by atoms with Gasteiger partial charge in [0, 0.05) is 6.08 Å². The summed E-state index contributed by atoms with van der Waals surface area (Å²) in [6.45, 7) is 0.221. The Bertz CT molecular complexity index is 706. The zero-order chi connectivity index (χ0) is 16.1. The number of aliphatic carboxylic acids is 1. The summed E-state index contributed by atoms with van der Waals surface area (Å²) in [5.74, 6) is -0.760. The molecule has 0 radical (unpaired) electrons. The second kappa shape index (κ2) is 7.56. The summed E-state index contributed by atoms with van der Waals surface area (Å²) in [6.07, 6.45) is 2.54. The van der Waals surface area contributed by atoms with Crippen molar-refractivity contribution in [2.75, 3.05) is 0 Å². The van der Waals surface area contributed by atoms with Crippen LogP contribution in [0.4, 0.5) is 4.39 Å². The molecule has 0 saturated carbocycles. The molecule has 22 heavy (non-hydrogen) atoms. The molecule has 0 saturated heterocycles. The van der Waals surface area contributed by atoms with Gasteiger partial charge in [0.1, 0.15) is 18.2 Å². The van der Waals surface area contributed by atoms with E-state index < -0.39 is 5.97 Å². The summed E-state index contributed by atoms with van der Waals surface area (Å²) in [5.41, 5.74) is 1.42. The molecule has 2 aromatic carbocycles. The lowest BCUT2D eigenvalue weighted by molar-refractivity contribution is -0.131. The van der Waals surface area contributed by atoms with Gasteiger partial charge in [-0.05, 0) is 73.3 Å². The second-order valence-corrected chi connectivity index (χ2v) is 6.11. The lowest BCUT2D eigenvalue weighted by Gasteiger charge is -2.11. The van der Waals surface area contributed by atoms with E-state index >= 15 is 0 Å². The molecular formula is C16H11Br2FO3. The van der Waals surface area contributed by atoms with Crippen LogP contribution in [0.15, 0.2) is 51.4 Å². The highest BCUT2D eigenvalue weighted by Gasteiger charge is 2.09. The average molecular weight is 430 g/mol. The van der Waals surface area contributed by atoms with Gasteiger partial charge in [-0.15, -0.1) is 0 Å². The first-order chi connectivity index (χ1) is 10.5. The number of hydrogen-bond donors (Lipinski definition) is 1. The number of carboxylic acid groups (broad SMARTS) is 1. The molecule has 6 heteroatoms. The van der Waals surface area contributed by atoms with Gasteiger partial charge >= 0.3 is 5.97 Å². The van der Waals surface area contributed by atoms with Gasteiger partial charge in [-0.2, -0.15) is 0 Å². The third-order valence-corrected chi connectivity index (χ3v) is 3.89. The lowest BCUT2D eigenvalue weighted by atomic mass is 10.2. The first-order valence-electron chi connectivity index (χ1n) is 6.23. The molecule has 0 atom stereocenters. The van der Waals surface area contributed by atoms with Crippen molar-refractivity contribution >= 4 is 43.9 Å². The molecule has 0 heterocycles. The Hall–Kier alpha value is -1.66. The van der Waals surface area contributed by atoms with Crippen LogP contribution >= 0.6 is 31.9 Å². The largest absolute Gasteiger partial charge is 0.487 e. The normalized spacial score (nSPS) is 10.9. The van der Waals surface area contributed by atoms with Crippen molar-refractivity contribution in [2.45, 2.75) is 6.61 Å². The fourth-order valence-electron chi connectivity index (χ4n) is 1.76. The molecule has 0 fully saturated rings. The number of benzene rings is 2. The summed E-state index contributed by atoms with van der Waals surface area (Å²) in [5, 5.41) is 8.64. The Morgan fingerprint density at radius 3 is 2.50 bits per heavy atom. The molecule has 0 aromatic heterocycles. The SMILES string of the molecule is O=C(O)C=Cc1cc(Br)c(OCc2cccc(F)c2)c(Br)c1. The van der Waals surface area contributed by atoms with Crippen LogP contribution in [0.1, 0.15) is 11.1 Å². The number of rotatable bonds is 5. The van der Waals surface area contributed by atoms with Crippen LogP contribution in [0.5, 0.6) is 5.75 Å². The zero-order valence-electron chi connectivity index (χ0n) is 11.2. The molecule has 0 unspecified atom stereocenters. The van der Waals surface area contributed by atoms with Gasteiger partial charge < -0.3 is 9.84 Å². The molecule has 0 aliphatic heterocycles. The maximum absolute atomic E-state index is 13.1. The van der Waals surface area contributed by atoms with Crippen molar-refractivity contribution in [3.05, 3.63) is 68.4 Å². The van der Waals surface area contributed by atoms with Crippen LogP contribution in [-0.2, 0) is 11.4 Å². The predicted molar refractivity (Wildman–Crippen MR) is 89.2 cm³/mol. The van der Waals surface area contributed by atoms with Gasteiger partial charge in [-0.3, -0.25) is 0 Å². The summed E-state index contributed by atoms with van der Waals surface area (Å²) in [4.78, 5) is 10.5. The van der Waals surface area contributed by atoms with Gasteiger partial charge in [-0.25, -0.2) is 9.18 Å². The Balaban J connectivity index is 2.16. The smallest absolute Gasteiger partial charge is 0.328 e. The van der Waals surface area contributed by atoms with Crippen LogP contribution in [0.3, 0.4) is 0 Å². The predicted octanol–water partition coefficient (Wildman–Crippen LogP) is 5.03. The highest BCUT2D eigenvalue weighted by molar-refractivity contribution is 9.11. The van der Waals surface area contributed by atoms with Gasteiger partial charge in [0.25, 0.3) is 0 Å². The highest BCUT2D eigenvalue weighted by Crippen LogP contribution is 2.35. The quantitative estimate of drug-likeness (QED) is 0.678. The van der Waals surface area contributed by atoms with E-state index in [0.29, 0.717) is 25.8 Å².